The Balaban J connectivity index is 1.64. The number of rotatable bonds is 7. The molecule has 3 rings (SSSR count). The minimum atomic E-state index is -0.109. The number of benzene rings is 2. The van der Waals surface area contributed by atoms with Crippen LogP contribution in [0.3, 0.4) is 0 Å². The number of nitrogens with one attached hydrogen (secondary N) is 1. The SMILES string of the molecule is CCCCCc1ccc(-c2ccc(C(=O)Nc3ccc(I)cc3)cc2)nc1. The standard InChI is InChI=1S/C23H23IN2O/c1-2-3-4-5-17-6-15-22(25-16-17)18-7-9-19(10-8-18)23(27)26-21-13-11-20(24)12-14-21/h6-16H,2-5H2,1H3,(H,26,27). The van der Waals surface area contributed by atoms with Crippen LogP contribution < -0.4 is 5.32 Å². The van der Waals surface area contributed by atoms with Crippen LogP contribution in [0.1, 0.15) is 42.1 Å². The third-order valence-electron chi connectivity index (χ3n) is 4.44. The Labute approximate surface area is 174 Å². The molecule has 0 radical (unpaired) electrons. The van der Waals surface area contributed by atoms with E-state index in [9.17, 15) is 4.79 Å². The summed E-state index contributed by atoms with van der Waals surface area (Å²) in [5, 5.41) is 2.92. The molecular formula is C23H23IN2O. The van der Waals surface area contributed by atoms with Gasteiger partial charge in [0.1, 0.15) is 0 Å². The molecule has 0 fully saturated rings. The maximum atomic E-state index is 12.4. The van der Waals surface area contributed by atoms with Gasteiger partial charge in [-0.1, -0.05) is 38.0 Å². The Bertz CT molecular complexity index is 872. The molecule has 1 heterocycles. The minimum absolute atomic E-state index is 0.109. The molecule has 1 aromatic heterocycles. The van der Waals surface area contributed by atoms with Crippen molar-refractivity contribution in [1.82, 2.24) is 4.98 Å². The predicted molar refractivity (Wildman–Crippen MR) is 120 cm³/mol. The van der Waals surface area contributed by atoms with Crippen LogP contribution >= 0.6 is 22.6 Å². The van der Waals surface area contributed by atoms with Crippen molar-refractivity contribution in [3.8, 4) is 11.3 Å². The fraction of sp³-hybridized carbons (Fsp3) is 0.217. The van der Waals surface area contributed by atoms with Gasteiger partial charge < -0.3 is 5.32 Å². The van der Waals surface area contributed by atoms with Crippen molar-refractivity contribution >= 4 is 34.2 Å². The number of carbonyl (C=O) groups is 1. The second kappa shape index (κ2) is 9.65. The molecule has 0 aliphatic rings. The topological polar surface area (TPSA) is 42.0 Å². The lowest BCUT2D eigenvalue weighted by molar-refractivity contribution is 0.102. The number of carbonyl (C=O) groups excluding carboxylic acids is 1. The molecule has 0 unspecified atom stereocenters. The number of aromatic nitrogens is 1. The number of hydrogen-bond donors (Lipinski definition) is 1. The van der Waals surface area contributed by atoms with E-state index in [-0.39, 0.29) is 5.91 Å². The molecule has 1 N–H and O–H groups in total. The number of halogens is 1. The van der Waals surface area contributed by atoms with Crippen LogP contribution in [0, 0.1) is 3.57 Å². The highest BCUT2D eigenvalue weighted by atomic mass is 127. The number of unbranched alkanes of at least 4 members (excludes halogenated alkanes) is 2. The second-order valence-corrected chi connectivity index (χ2v) is 7.79. The third kappa shape index (κ3) is 5.63. The summed E-state index contributed by atoms with van der Waals surface area (Å²) in [5.41, 5.74) is 4.65. The number of pyridine rings is 1. The molecule has 2 aromatic carbocycles. The van der Waals surface area contributed by atoms with Gasteiger partial charge in [0.25, 0.3) is 5.91 Å². The van der Waals surface area contributed by atoms with E-state index in [4.69, 9.17) is 0 Å². The highest BCUT2D eigenvalue weighted by Crippen LogP contribution is 2.19. The highest BCUT2D eigenvalue weighted by Gasteiger charge is 2.07. The van der Waals surface area contributed by atoms with Crippen LogP contribution in [0.4, 0.5) is 5.69 Å². The van der Waals surface area contributed by atoms with Crippen molar-refractivity contribution in [2.24, 2.45) is 0 Å². The van der Waals surface area contributed by atoms with Crippen molar-refractivity contribution in [2.45, 2.75) is 32.6 Å². The number of amides is 1. The molecule has 0 aliphatic heterocycles. The van der Waals surface area contributed by atoms with E-state index >= 15 is 0 Å². The smallest absolute Gasteiger partial charge is 0.255 e. The zero-order valence-corrected chi connectivity index (χ0v) is 17.6. The largest absolute Gasteiger partial charge is 0.322 e. The van der Waals surface area contributed by atoms with Crippen molar-refractivity contribution in [1.29, 1.82) is 0 Å². The molecule has 0 saturated carbocycles. The summed E-state index contributed by atoms with van der Waals surface area (Å²) in [6.07, 6.45) is 6.74. The molecule has 3 nitrogen and oxygen atoms in total. The normalized spacial score (nSPS) is 10.6. The van der Waals surface area contributed by atoms with Gasteiger partial charge >= 0.3 is 0 Å². The van der Waals surface area contributed by atoms with Crippen LogP contribution in [0.5, 0.6) is 0 Å². The van der Waals surface area contributed by atoms with Gasteiger partial charge in [0.05, 0.1) is 5.69 Å². The molecule has 0 aliphatic carbocycles. The summed E-state index contributed by atoms with van der Waals surface area (Å²) < 4.78 is 1.14. The van der Waals surface area contributed by atoms with E-state index < -0.39 is 0 Å². The maximum absolute atomic E-state index is 12.4. The van der Waals surface area contributed by atoms with Crippen molar-refractivity contribution in [3.05, 3.63) is 81.6 Å². The summed E-state index contributed by atoms with van der Waals surface area (Å²) >= 11 is 2.24. The van der Waals surface area contributed by atoms with E-state index in [1.165, 1.54) is 24.8 Å². The Morgan fingerprint density at radius 3 is 2.33 bits per heavy atom. The minimum Gasteiger partial charge on any atom is -0.322 e. The average molecular weight is 470 g/mol. The van der Waals surface area contributed by atoms with Gasteiger partial charge in [-0.15, -0.1) is 0 Å². The predicted octanol–water partition coefficient (Wildman–Crippen LogP) is 6.34. The lowest BCUT2D eigenvalue weighted by Gasteiger charge is -2.07. The van der Waals surface area contributed by atoms with Gasteiger partial charge in [-0.2, -0.15) is 0 Å². The first kappa shape index (κ1) is 19.5. The van der Waals surface area contributed by atoms with Crippen LogP contribution in [0.2, 0.25) is 0 Å². The van der Waals surface area contributed by atoms with Crippen LogP contribution in [0.25, 0.3) is 11.3 Å². The van der Waals surface area contributed by atoms with Crippen LogP contribution in [-0.2, 0) is 6.42 Å². The van der Waals surface area contributed by atoms with E-state index in [1.807, 2.05) is 54.7 Å². The van der Waals surface area contributed by atoms with Crippen molar-refractivity contribution in [3.63, 3.8) is 0 Å². The Morgan fingerprint density at radius 1 is 0.963 bits per heavy atom. The molecule has 1 amide bonds. The second-order valence-electron chi connectivity index (χ2n) is 6.55. The van der Waals surface area contributed by atoms with Crippen LogP contribution in [0.15, 0.2) is 66.9 Å². The molecule has 27 heavy (non-hydrogen) atoms. The summed E-state index contributed by atoms with van der Waals surface area (Å²) in [6, 6.07) is 19.5. The quantitative estimate of drug-likeness (QED) is 0.324. The van der Waals surface area contributed by atoms with E-state index in [0.717, 1.165) is 26.9 Å². The molecule has 0 spiro atoms. The first-order valence-corrected chi connectivity index (χ1v) is 10.4. The molecule has 0 bridgehead atoms. The Kier molecular flexibility index (Phi) is 6.98. The van der Waals surface area contributed by atoms with Crippen molar-refractivity contribution in [2.75, 3.05) is 5.32 Å². The summed E-state index contributed by atoms with van der Waals surface area (Å²) in [6.45, 7) is 2.21. The first-order chi connectivity index (χ1) is 13.2. The Morgan fingerprint density at radius 2 is 1.70 bits per heavy atom. The molecule has 3 aromatic rings. The number of hydrogen-bond acceptors (Lipinski definition) is 2. The third-order valence-corrected chi connectivity index (χ3v) is 5.16. The fourth-order valence-electron chi connectivity index (χ4n) is 2.85. The van der Waals surface area contributed by atoms with Gasteiger partial charge in [-0.25, -0.2) is 0 Å². The summed E-state index contributed by atoms with van der Waals surface area (Å²) in [5.74, 6) is -0.109. The number of nitrogens with zero attached hydrogens (tertiary/aromatic N) is 1. The van der Waals surface area contributed by atoms with Gasteiger partial charge in [-0.3, -0.25) is 9.78 Å². The lowest BCUT2D eigenvalue weighted by Crippen LogP contribution is -2.11. The molecule has 0 atom stereocenters. The zero-order valence-electron chi connectivity index (χ0n) is 15.4. The molecule has 0 saturated heterocycles. The maximum Gasteiger partial charge on any atom is 0.255 e. The lowest BCUT2D eigenvalue weighted by atomic mass is 10.1. The van der Waals surface area contributed by atoms with Gasteiger partial charge in [0.15, 0.2) is 0 Å². The summed E-state index contributed by atoms with van der Waals surface area (Å²) in [7, 11) is 0. The van der Waals surface area contributed by atoms with Gasteiger partial charge in [0.2, 0.25) is 0 Å². The average Bonchev–Trinajstić information content (AvgIpc) is 2.70. The first-order valence-electron chi connectivity index (χ1n) is 9.28. The monoisotopic (exact) mass is 470 g/mol. The van der Waals surface area contributed by atoms with Crippen molar-refractivity contribution < 1.29 is 4.79 Å². The fourth-order valence-corrected chi connectivity index (χ4v) is 3.21. The molecule has 4 heteroatoms. The van der Waals surface area contributed by atoms with Gasteiger partial charge in [0, 0.05) is 26.6 Å². The Hall–Kier alpha value is -2.21. The highest BCUT2D eigenvalue weighted by molar-refractivity contribution is 14.1. The van der Waals surface area contributed by atoms with Gasteiger partial charge in [-0.05, 0) is 83.5 Å². The molecule has 138 valence electrons. The van der Waals surface area contributed by atoms with Crippen LogP contribution in [-0.4, -0.2) is 10.9 Å². The van der Waals surface area contributed by atoms with E-state index in [2.05, 4.69) is 51.9 Å². The van der Waals surface area contributed by atoms with E-state index in [0.29, 0.717) is 5.56 Å². The molecular weight excluding hydrogens is 447 g/mol. The van der Waals surface area contributed by atoms with E-state index in [1.54, 1.807) is 0 Å². The number of anilines is 1. The summed E-state index contributed by atoms with van der Waals surface area (Å²) in [4.78, 5) is 17.0. The zero-order chi connectivity index (χ0) is 19.1. The number of aryl methyl sites for hydroxylation is 1.